The first-order chi connectivity index (χ1) is 10.6. The molecular weight excluding hydrogens is 282 g/mol. The van der Waals surface area contributed by atoms with Crippen molar-refractivity contribution < 1.29 is 9.53 Å². The van der Waals surface area contributed by atoms with Crippen LogP contribution in [-0.2, 0) is 7.05 Å². The summed E-state index contributed by atoms with van der Waals surface area (Å²) in [6, 6.07) is 5.64. The maximum Gasteiger partial charge on any atom is 0.191 e. The van der Waals surface area contributed by atoms with Crippen molar-refractivity contribution >= 4 is 6.29 Å². The van der Waals surface area contributed by atoms with Crippen LogP contribution in [0.2, 0.25) is 0 Å². The summed E-state index contributed by atoms with van der Waals surface area (Å²) in [5.74, 6) is 1.44. The predicted octanol–water partition coefficient (Wildman–Crippen LogP) is 1.80. The van der Waals surface area contributed by atoms with Crippen LogP contribution in [0.4, 0.5) is 0 Å². The smallest absolute Gasteiger partial charge is 0.191 e. The molecule has 0 unspecified atom stereocenters. The molecule has 22 heavy (non-hydrogen) atoms. The lowest BCUT2D eigenvalue weighted by molar-refractivity contribution is 0.111. The van der Waals surface area contributed by atoms with Crippen molar-refractivity contribution in [3.63, 3.8) is 0 Å². The first-order valence-corrected chi connectivity index (χ1v) is 6.68. The van der Waals surface area contributed by atoms with Gasteiger partial charge in [-0.3, -0.25) is 4.79 Å². The van der Waals surface area contributed by atoms with Gasteiger partial charge in [-0.15, -0.1) is 0 Å². The van der Waals surface area contributed by atoms with Crippen LogP contribution in [0.25, 0.3) is 17.1 Å². The third-order valence-electron chi connectivity index (χ3n) is 3.33. The van der Waals surface area contributed by atoms with Gasteiger partial charge in [0.05, 0.1) is 24.8 Å². The van der Waals surface area contributed by atoms with Gasteiger partial charge in [0.1, 0.15) is 5.75 Å². The fourth-order valence-electron chi connectivity index (χ4n) is 2.20. The molecule has 0 bridgehead atoms. The molecule has 0 saturated heterocycles. The number of aromatic nitrogens is 5. The molecule has 2 heterocycles. The fourth-order valence-corrected chi connectivity index (χ4v) is 2.20. The maximum absolute atomic E-state index is 10.9. The van der Waals surface area contributed by atoms with Crippen LogP contribution in [0, 0.1) is 6.92 Å². The van der Waals surface area contributed by atoms with E-state index >= 15 is 0 Å². The Morgan fingerprint density at radius 1 is 1.32 bits per heavy atom. The summed E-state index contributed by atoms with van der Waals surface area (Å²) in [6.45, 7) is 1.93. The van der Waals surface area contributed by atoms with Gasteiger partial charge < -0.3 is 9.30 Å². The Hall–Kier alpha value is -2.96. The van der Waals surface area contributed by atoms with Crippen molar-refractivity contribution in [3.8, 4) is 22.8 Å². The Bertz CT molecular complexity index is 834. The van der Waals surface area contributed by atoms with E-state index in [0.717, 1.165) is 16.9 Å². The van der Waals surface area contributed by atoms with E-state index in [0.29, 0.717) is 17.9 Å². The van der Waals surface area contributed by atoms with Crippen LogP contribution in [0.1, 0.15) is 16.3 Å². The summed E-state index contributed by atoms with van der Waals surface area (Å²) in [5.41, 5.74) is 2.58. The van der Waals surface area contributed by atoms with Gasteiger partial charge in [-0.05, 0) is 25.1 Å². The van der Waals surface area contributed by atoms with Crippen molar-refractivity contribution in [2.45, 2.75) is 6.92 Å². The number of rotatable bonds is 4. The summed E-state index contributed by atoms with van der Waals surface area (Å²) in [4.78, 5) is 19.3. The summed E-state index contributed by atoms with van der Waals surface area (Å²) in [5, 5.41) is 4.23. The minimum absolute atomic E-state index is 0.281. The highest BCUT2D eigenvalue weighted by molar-refractivity contribution is 5.71. The van der Waals surface area contributed by atoms with Gasteiger partial charge in [0.15, 0.2) is 17.9 Å². The molecule has 0 N–H and O–H groups in total. The van der Waals surface area contributed by atoms with Crippen LogP contribution in [0.3, 0.4) is 0 Å². The number of nitrogens with zero attached hydrogens (tertiary/aromatic N) is 5. The molecule has 0 aliphatic rings. The molecule has 0 fully saturated rings. The number of aldehydes is 1. The highest BCUT2D eigenvalue weighted by Gasteiger charge is 2.12. The SMILES string of the molecule is COc1cc(-c2nc(C=O)n(C)n2)ccc1-n1cnc(C)c1. The lowest BCUT2D eigenvalue weighted by atomic mass is 10.1. The molecule has 3 rings (SSSR count). The first-order valence-electron chi connectivity index (χ1n) is 6.68. The molecule has 112 valence electrons. The van der Waals surface area contributed by atoms with Crippen LogP contribution >= 0.6 is 0 Å². The molecule has 1 aromatic carbocycles. The van der Waals surface area contributed by atoms with Crippen molar-refractivity contribution in [2.75, 3.05) is 7.11 Å². The van der Waals surface area contributed by atoms with Crippen molar-refractivity contribution in [2.24, 2.45) is 7.05 Å². The van der Waals surface area contributed by atoms with E-state index in [1.165, 1.54) is 4.68 Å². The standard InChI is InChI=1S/C15H15N5O2/c1-10-7-20(9-16-10)12-5-4-11(6-13(12)22-3)15-17-14(8-21)19(2)18-15/h4-9H,1-3H3. The summed E-state index contributed by atoms with van der Waals surface area (Å²) < 4.78 is 8.79. The zero-order valence-electron chi connectivity index (χ0n) is 12.5. The number of carbonyl (C=O) groups is 1. The third kappa shape index (κ3) is 2.37. The third-order valence-corrected chi connectivity index (χ3v) is 3.33. The largest absolute Gasteiger partial charge is 0.495 e. The second kappa shape index (κ2) is 5.44. The second-order valence-electron chi connectivity index (χ2n) is 4.84. The molecule has 0 saturated carbocycles. The van der Waals surface area contributed by atoms with Crippen LogP contribution in [0.5, 0.6) is 5.75 Å². The van der Waals surface area contributed by atoms with E-state index < -0.39 is 0 Å². The zero-order valence-corrected chi connectivity index (χ0v) is 12.5. The number of aryl methyl sites for hydroxylation is 2. The lowest BCUT2D eigenvalue weighted by Crippen LogP contribution is -1.97. The molecule has 0 aliphatic carbocycles. The van der Waals surface area contributed by atoms with E-state index in [1.807, 2.05) is 35.9 Å². The highest BCUT2D eigenvalue weighted by Crippen LogP contribution is 2.28. The average molecular weight is 297 g/mol. The van der Waals surface area contributed by atoms with Gasteiger partial charge in [-0.25, -0.2) is 14.6 Å². The zero-order chi connectivity index (χ0) is 15.7. The predicted molar refractivity (Wildman–Crippen MR) is 80.2 cm³/mol. The summed E-state index contributed by atoms with van der Waals surface area (Å²) in [6.07, 6.45) is 4.33. The number of methoxy groups -OCH3 is 1. The number of hydrogen-bond acceptors (Lipinski definition) is 5. The molecule has 0 spiro atoms. The van der Waals surface area contributed by atoms with Crippen LogP contribution in [0.15, 0.2) is 30.7 Å². The average Bonchev–Trinajstić information content (AvgIpc) is 3.12. The van der Waals surface area contributed by atoms with Gasteiger partial charge in [0, 0.05) is 18.8 Å². The molecule has 7 nitrogen and oxygen atoms in total. The Kier molecular flexibility index (Phi) is 3.46. The summed E-state index contributed by atoms with van der Waals surface area (Å²) >= 11 is 0. The van der Waals surface area contributed by atoms with E-state index in [1.54, 1.807) is 20.5 Å². The molecule has 0 radical (unpaired) electrons. The van der Waals surface area contributed by atoms with Gasteiger partial charge in [0.2, 0.25) is 0 Å². The normalized spacial score (nSPS) is 10.7. The number of carbonyl (C=O) groups excluding carboxylic acids is 1. The van der Waals surface area contributed by atoms with Crippen LogP contribution < -0.4 is 4.74 Å². The minimum Gasteiger partial charge on any atom is -0.495 e. The fraction of sp³-hybridized carbons (Fsp3) is 0.200. The molecule has 7 heteroatoms. The second-order valence-corrected chi connectivity index (χ2v) is 4.84. The summed E-state index contributed by atoms with van der Waals surface area (Å²) in [7, 11) is 3.29. The molecule has 0 aliphatic heterocycles. The van der Waals surface area contributed by atoms with E-state index in [2.05, 4.69) is 15.1 Å². The van der Waals surface area contributed by atoms with Gasteiger partial charge in [-0.2, -0.15) is 5.10 Å². The van der Waals surface area contributed by atoms with Crippen molar-refractivity contribution in [1.82, 2.24) is 24.3 Å². The Morgan fingerprint density at radius 2 is 2.14 bits per heavy atom. The van der Waals surface area contributed by atoms with E-state index in [-0.39, 0.29) is 5.82 Å². The molecule has 3 aromatic rings. The molecular formula is C15H15N5O2. The van der Waals surface area contributed by atoms with Crippen LogP contribution in [-0.4, -0.2) is 37.7 Å². The monoisotopic (exact) mass is 297 g/mol. The molecule has 0 amide bonds. The number of benzene rings is 1. The quantitative estimate of drug-likeness (QED) is 0.686. The number of hydrogen-bond donors (Lipinski definition) is 0. The minimum atomic E-state index is 0.281. The molecule has 0 atom stereocenters. The van der Waals surface area contributed by atoms with Gasteiger partial charge >= 0.3 is 0 Å². The van der Waals surface area contributed by atoms with E-state index in [9.17, 15) is 4.79 Å². The Morgan fingerprint density at radius 3 is 2.73 bits per heavy atom. The van der Waals surface area contributed by atoms with Gasteiger partial charge in [0.25, 0.3) is 0 Å². The topological polar surface area (TPSA) is 74.8 Å². The van der Waals surface area contributed by atoms with Crippen molar-refractivity contribution in [3.05, 3.63) is 42.2 Å². The van der Waals surface area contributed by atoms with Crippen molar-refractivity contribution in [1.29, 1.82) is 0 Å². The number of ether oxygens (including phenoxy) is 1. The van der Waals surface area contributed by atoms with Gasteiger partial charge in [-0.1, -0.05) is 0 Å². The lowest BCUT2D eigenvalue weighted by Gasteiger charge is -2.10. The maximum atomic E-state index is 10.9. The number of imidazole rings is 1. The Labute approximate surface area is 127 Å². The Balaban J connectivity index is 2.06. The van der Waals surface area contributed by atoms with E-state index in [4.69, 9.17) is 4.74 Å². The molecule has 2 aromatic heterocycles. The highest BCUT2D eigenvalue weighted by atomic mass is 16.5. The first kappa shape index (κ1) is 14.0.